The van der Waals surface area contributed by atoms with Crippen LogP contribution in [0.5, 0.6) is 11.5 Å². The van der Waals surface area contributed by atoms with Crippen LogP contribution in [0.25, 0.3) is 0 Å². The maximum Gasteiger partial charge on any atom is 0.265 e. The second kappa shape index (κ2) is 7.88. The molecular weight excluding hydrogens is 314 g/mol. The van der Waals surface area contributed by atoms with E-state index in [9.17, 15) is 4.79 Å². The van der Waals surface area contributed by atoms with Crippen LogP contribution in [0, 0.1) is 6.92 Å². The molecule has 0 bridgehead atoms. The van der Waals surface area contributed by atoms with Crippen molar-refractivity contribution in [2.24, 2.45) is 0 Å². The number of nitrogens with one attached hydrogen (secondary N) is 1. The van der Waals surface area contributed by atoms with E-state index in [1.165, 1.54) is 0 Å². The number of ether oxygens (including phenoxy) is 2. The van der Waals surface area contributed by atoms with Crippen molar-refractivity contribution in [3.05, 3.63) is 53.1 Å². The third-order valence-electron chi connectivity index (χ3n) is 3.42. The Morgan fingerprint density at radius 3 is 2.61 bits per heavy atom. The molecule has 1 atom stereocenters. The molecule has 0 radical (unpaired) electrons. The van der Waals surface area contributed by atoms with Gasteiger partial charge in [0.1, 0.15) is 11.5 Å². The maximum absolute atomic E-state index is 12.4. The fraction of sp³-hybridized carbons (Fsp3) is 0.278. The molecule has 1 N–H and O–H groups in total. The predicted molar refractivity (Wildman–Crippen MR) is 92.5 cm³/mol. The van der Waals surface area contributed by atoms with Crippen LogP contribution in [0.2, 0.25) is 5.02 Å². The molecule has 0 aromatic heterocycles. The van der Waals surface area contributed by atoms with E-state index < -0.39 is 6.10 Å². The minimum absolute atomic E-state index is 0.213. The summed E-state index contributed by atoms with van der Waals surface area (Å²) in [6.07, 6.45) is -0.0509. The smallest absolute Gasteiger partial charge is 0.265 e. The van der Waals surface area contributed by atoms with Crippen LogP contribution < -0.4 is 14.8 Å². The summed E-state index contributed by atoms with van der Waals surface area (Å²) < 4.78 is 10.9. The third-order valence-corrected chi connectivity index (χ3v) is 3.83. The second-order valence-electron chi connectivity index (χ2n) is 5.15. The highest BCUT2D eigenvalue weighted by Crippen LogP contribution is 2.22. The maximum atomic E-state index is 12.4. The highest BCUT2D eigenvalue weighted by atomic mass is 35.5. The summed E-state index contributed by atoms with van der Waals surface area (Å²) in [6.45, 7) is 3.81. The van der Waals surface area contributed by atoms with Crippen molar-refractivity contribution in [3.8, 4) is 11.5 Å². The molecule has 0 aliphatic rings. The Labute approximate surface area is 141 Å². The predicted octanol–water partition coefficient (Wildman–Crippen LogP) is 4.45. The zero-order chi connectivity index (χ0) is 16.8. The molecule has 2 aromatic rings. The first-order valence-corrected chi connectivity index (χ1v) is 7.79. The van der Waals surface area contributed by atoms with Crippen LogP contribution in [0.1, 0.15) is 18.9 Å². The fourth-order valence-electron chi connectivity index (χ4n) is 2.05. The van der Waals surface area contributed by atoms with Gasteiger partial charge in [0.15, 0.2) is 6.10 Å². The van der Waals surface area contributed by atoms with Gasteiger partial charge in [0, 0.05) is 16.8 Å². The molecular formula is C18H20ClNO3. The van der Waals surface area contributed by atoms with Gasteiger partial charge in [-0.15, -0.1) is 0 Å². The van der Waals surface area contributed by atoms with Crippen LogP contribution in [-0.2, 0) is 4.79 Å². The lowest BCUT2D eigenvalue weighted by Crippen LogP contribution is -2.32. The Hall–Kier alpha value is -2.20. The molecule has 1 unspecified atom stereocenters. The Balaban J connectivity index is 2.07. The Kier molecular flexibility index (Phi) is 5.88. The molecule has 0 saturated heterocycles. The van der Waals surface area contributed by atoms with Crippen molar-refractivity contribution < 1.29 is 14.3 Å². The molecule has 0 spiro atoms. The molecule has 122 valence electrons. The standard InChI is InChI=1S/C18H20ClNO3/c1-4-17(23-15-7-5-6-14(11-15)22-3)18(21)20-13-9-8-12(2)16(19)10-13/h5-11,17H,4H2,1-3H3,(H,20,21). The van der Waals surface area contributed by atoms with Gasteiger partial charge in [-0.1, -0.05) is 30.7 Å². The van der Waals surface area contributed by atoms with E-state index in [0.717, 1.165) is 5.56 Å². The SMILES string of the molecule is CCC(Oc1cccc(OC)c1)C(=O)Nc1ccc(C)c(Cl)c1. The first kappa shape index (κ1) is 17.2. The largest absolute Gasteiger partial charge is 0.497 e. The average molecular weight is 334 g/mol. The van der Waals surface area contributed by atoms with E-state index in [1.807, 2.05) is 38.1 Å². The number of hydrogen-bond donors (Lipinski definition) is 1. The first-order valence-electron chi connectivity index (χ1n) is 7.41. The van der Waals surface area contributed by atoms with Crippen molar-refractivity contribution in [3.63, 3.8) is 0 Å². The van der Waals surface area contributed by atoms with Gasteiger partial charge in [-0.25, -0.2) is 0 Å². The number of carbonyl (C=O) groups excluding carboxylic acids is 1. The number of carbonyl (C=O) groups is 1. The second-order valence-corrected chi connectivity index (χ2v) is 5.55. The molecule has 2 aromatic carbocycles. The minimum Gasteiger partial charge on any atom is -0.497 e. The number of amides is 1. The zero-order valence-electron chi connectivity index (χ0n) is 13.4. The zero-order valence-corrected chi connectivity index (χ0v) is 14.2. The van der Waals surface area contributed by atoms with Gasteiger partial charge in [0.25, 0.3) is 5.91 Å². The Morgan fingerprint density at radius 1 is 1.22 bits per heavy atom. The highest BCUT2D eigenvalue weighted by Gasteiger charge is 2.19. The van der Waals surface area contributed by atoms with Crippen molar-refractivity contribution in [1.82, 2.24) is 0 Å². The van der Waals surface area contributed by atoms with Gasteiger partial charge in [-0.2, -0.15) is 0 Å². The van der Waals surface area contributed by atoms with Crippen LogP contribution in [0.4, 0.5) is 5.69 Å². The van der Waals surface area contributed by atoms with Crippen molar-refractivity contribution >= 4 is 23.2 Å². The van der Waals surface area contributed by atoms with E-state index in [1.54, 1.807) is 25.3 Å². The highest BCUT2D eigenvalue weighted by molar-refractivity contribution is 6.31. The number of aryl methyl sites for hydroxylation is 1. The summed E-state index contributed by atoms with van der Waals surface area (Å²) in [5, 5.41) is 3.45. The topological polar surface area (TPSA) is 47.6 Å². The van der Waals surface area contributed by atoms with Crippen LogP contribution in [0.15, 0.2) is 42.5 Å². The fourth-order valence-corrected chi connectivity index (χ4v) is 2.23. The van der Waals surface area contributed by atoms with E-state index in [-0.39, 0.29) is 5.91 Å². The summed E-state index contributed by atoms with van der Waals surface area (Å²) in [7, 11) is 1.59. The lowest BCUT2D eigenvalue weighted by molar-refractivity contribution is -0.122. The summed E-state index contributed by atoms with van der Waals surface area (Å²) in [5.74, 6) is 1.06. The summed E-state index contributed by atoms with van der Waals surface area (Å²) in [4.78, 5) is 12.4. The number of methoxy groups -OCH3 is 1. The third kappa shape index (κ3) is 4.63. The van der Waals surface area contributed by atoms with Gasteiger partial charge >= 0.3 is 0 Å². The van der Waals surface area contributed by atoms with E-state index in [2.05, 4.69) is 5.32 Å². The normalized spacial score (nSPS) is 11.7. The van der Waals surface area contributed by atoms with Crippen molar-refractivity contribution in [2.45, 2.75) is 26.4 Å². The molecule has 1 amide bonds. The van der Waals surface area contributed by atoms with E-state index in [4.69, 9.17) is 21.1 Å². The lowest BCUT2D eigenvalue weighted by atomic mass is 10.2. The van der Waals surface area contributed by atoms with Gasteiger partial charge in [0.2, 0.25) is 0 Å². The molecule has 2 rings (SSSR count). The molecule has 4 nitrogen and oxygen atoms in total. The van der Waals surface area contributed by atoms with Crippen LogP contribution in [0.3, 0.4) is 0 Å². The Bertz CT molecular complexity index is 688. The summed E-state index contributed by atoms with van der Waals surface area (Å²) >= 11 is 6.08. The number of halogens is 1. The van der Waals surface area contributed by atoms with E-state index in [0.29, 0.717) is 28.6 Å². The number of rotatable bonds is 6. The number of hydrogen-bond acceptors (Lipinski definition) is 3. The summed E-state index contributed by atoms with van der Waals surface area (Å²) in [6, 6.07) is 12.6. The van der Waals surface area contributed by atoms with Gasteiger partial charge in [-0.05, 0) is 43.2 Å². The number of anilines is 1. The quantitative estimate of drug-likeness (QED) is 0.849. The molecule has 0 saturated carbocycles. The van der Waals surface area contributed by atoms with Gasteiger partial charge in [0.05, 0.1) is 7.11 Å². The molecule has 23 heavy (non-hydrogen) atoms. The van der Waals surface area contributed by atoms with E-state index >= 15 is 0 Å². The molecule has 5 heteroatoms. The minimum atomic E-state index is -0.595. The van der Waals surface area contributed by atoms with Gasteiger partial charge in [-0.3, -0.25) is 4.79 Å². The molecule has 0 fully saturated rings. The number of benzene rings is 2. The van der Waals surface area contributed by atoms with Crippen molar-refractivity contribution in [2.75, 3.05) is 12.4 Å². The van der Waals surface area contributed by atoms with Gasteiger partial charge < -0.3 is 14.8 Å². The molecule has 0 aliphatic carbocycles. The molecule has 0 aliphatic heterocycles. The summed E-state index contributed by atoms with van der Waals surface area (Å²) in [5.41, 5.74) is 1.61. The molecule has 0 heterocycles. The monoisotopic (exact) mass is 333 g/mol. The van der Waals surface area contributed by atoms with Crippen LogP contribution >= 0.6 is 11.6 Å². The van der Waals surface area contributed by atoms with Crippen molar-refractivity contribution in [1.29, 1.82) is 0 Å². The lowest BCUT2D eigenvalue weighted by Gasteiger charge is -2.18. The first-order chi connectivity index (χ1) is 11.0. The average Bonchev–Trinajstić information content (AvgIpc) is 2.56. The van der Waals surface area contributed by atoms with Crippen LogP contribution in [-0.4, -0.2) is 19.1 Å². The Morgan fingerprint density at radius 2 is 1.96 bits per heavy atom.